The quantitative estimate of drug-likeness (QED) is 0.589. The minimum Gasteiger partial charge on any atom is -0.548 e. The van der Waals surface area contributed by atoms with E-state index in [1.165, 1.54) is 38.0 Å². The van der Waals surface area contributed by atoms with Crippen LogP contribution in [0, 0.1) is 0 Å². The molecule has 27 heavy (non-hydrogen) atoms. The van der Waals surface area contributed by atoms with Crippen LogP contribution < -0.4 is 19.3 Å². The number of nitrogens with zero attached hydrogens (tertiary/aromatic N) is 1. The van der Waals surface area contributed by atoms with Crippen LogP contribution in [0.3, 0.4) is 0 Å². The van der Waals surface area contributed by atoms with Gasteiger partial charge in [-0.05, 0) is 18.6 Å². The van der Waals surface area contributed by atoms with Gasteiger partial charge in [0.2, 0.25) is 5.75 Å². The second-order valence-electron chi connectivity index (χ2n) is 6.25. The second-order valence-corrected chi connectivity index (χ2v) is 7.46. The van der Waals surface area contributed by atoms with Gasteiger partial charge in [-0.15, -0.1) is 11.8 Å². The molecule has 0 N–H and O–H groups in total. The number of carboxylic acid groups (broad SMARTS) is 1. The third-order valence-electron chi connectivity index (χ3n) is 4.57. The largest absolute Gasteiger partial charge is 0.548 e. The van der Waals surface area contributed by atoms with Crippen LogP contribution in [0.1, 0.15) is 43.0 Å². The summed E-state index contributed by atoms with van der Waals surface area (Å²) in [6.07, 6.45) is 3.78. The first kappa shape index (κ1) is 21.2. The monoisotopic (exact) mass is 396 g/mol. The summed E-state index contributed by atoms with van der Waals surface area (Å²) in [7, 11) is 4.42. The van der Waals surface area contributed by atoms with Gasteiger partial charge in [0.25, 0.3) is 5.91 Å². The Kier molecular flexibility index (Phi) is 7.65. The molecule has 1 amide bonds. The number of rotatable bonds is 9. The summed E-state index contributed by atoms with van der Waals surface area (Å²) in [5.41, 5.74) is 0.291. The van der Waals surface area contributed by atoms with Gasteiger partial charge in [0, 0.05) is 11.3 Å². The average molecular weight is 396 g/mol. The SMILES string of the molecule is CCCCC[C@@H]1SC[C@@H](C(=O)[O-])N1C(=O)c1cc(OC)c(OC)c(OC)c1. The normalized spacial score (nSPS) is 19.0. The number of methoxy groups -OCH3 is 3. The Balaban J connectivity index is 2.37. The van der Waals surface area contributed by atoms with Crippen molar-refractivity contribution < 1.29 is 28.9 Å². The van der Waals surface area contributed by atoms with Gasteiger partial charge in [0.05, 0.1) is 38.7 Å². The Morgan fingerprint density at radius 3 is 2.26 bits per heavy atom. The predicted molar refractivity (Wildman–Crippen MR) is 101 cm³/mol. The summed E-state index contributed by atoms with van der Waals surface area (Å²) in [5.74, 6) is -0.214. The standard InChI is InChI=1S/C19H27NO6S/c1-5-6-7-8-16-20(13(11-27-16)19(22)23)18(21)12-9-14(24-2)17(26-4)15(10-12)25-3/h9-10,13,16H,5-8,11H2,1-4H3,(H,22,23)/p-1/t13-,16-/m0/s1. The molecule has 1 heterocycles. The van der Waals surface area contributed by atoms with E-state index in [4.69, 9.17) is 14.2 Å². The Labute approximate surface area is 164 Å². The first-order valence-corrected chi connectivity index (χ1v) is 9.98. The maximum absolute atomic E-state index is 13.2. The van der Waals surface area contributed by atoms with Gasteiger partial charge in [0.1, 0.15) is 0 Å². The van der Waals surface area contributed by atoms with E-state index in [0.717, 1.165) is 25.7 Å². The highest BCUT2D eigenvalue weighted by Crippen LogP contribution is 2.40. The Morgan fingerprint density at radius 2 is 1.78 bits per heavy atom. The molecule has 8 heteroatoms. The Morgan fingerprint density at radius 1 is 1.15 bits per heavy atom. The minimum atomic E-state index is -1.23. The number of hydrogen-bond donors (Lipinski definition) is 0. The lowest BCUT2D eigenvalue weighted by Gasteiger charge is -2.30. The maximum atomic E-state index is 13.2. The smallest absolute Gasteiger partial charge is 0.255 e. The van der Waals surface area contributed by atoms with Gasteiger partial charge < -0.3 is 29.0 Å². The zero-order valence-electron chi connectivity index (χ0n) is 16.1. The Hall–Kier alpha value is -2.09. The van der Waals surface area contributed by atoms with Crippen LogP contribution in [0.4, 0.5) is 0 Å². The number of unbranched alkanes of at least 4 members (excludes halogenated alkanes) is 2. The molecule has 1 aliphatic heterocycles. The molecule has 1 aromatic carbocycles. The van der Waals surface area contributed by atoms with E-state index in [2.05, 4.69) is 6.92 Å². The van der Waals surface area contributed by atoms with Crippen molar-refractivity contribution >= 4 is 23.6 Å². The molecule has 1 aliphatic rings. The van der Waals surface area contributed by atoms with Gasteiger partial charge in [0.15, 0.2) is 11.5 Å². The van der Waals surface area contributed by atoms with Crippen molar-refractivity contribution in [1.82, 2.24) is 4.90 Å². The number of aliphatic carboxylic acids is 1. The summed E-state index contributed by atoms with van der Waals surface area (Å²) in [6, 6.07) is 2.14. The molecule has 0 radical (unpaired) electrons. The van der Waals surface area contributed by atoms with Gasteiger partial charge in [-0.3, -0.25) is 4.79 Å². The zero-order chi connectivity index (χ0) is 20.0. The van der Waals surface area contributed by atoms with Crippen LogP contribution in [-0.2, 0) is 4.79 Å². The molecule has 0 unspecified atom stereocenters. The molecule has 0 bridgehead atoms. The predicted octanol–water partition coefficient (Wildman–Crippen LogP) is 1.93. The molecule has 7 nitrogen and oxygen atoms in total. The van der Waals surface area contributed by atoms with Crippen molar-refractivity contribution in [2.45, 2.75) is 44.0 Å². The lowest BCUT2D eigenvalue weighted by atomic mass is 10.1. The highest BCUT2D eigenvalue weighted by Gasteiger charge is 2.38. The van der Waals surface area contributed by atoms with Crippen molar-refractivity contribution in [3.8, 4) is 17.2 Å². The minimum absolute atomic E-state index is 0.189. The fourth-order valence-corrected chi connectivity index (χ4v) is 4.60. The summed E-state index contributed by atoms with van der Waals surface area (Å²) in [5, 5.41) is 11.4. The topological polar surface area (TPSA) is 88.1 Å². The second kappa shape index (κ2) is 9.73. The number of carbonyl (C=O) groups is 2. The molecule has 1 aromatic rings. The molecule has 0 saturated carbocycles. The molecule has 0 aromatic heterocycles. The Bertz CT molecular complexity index is 655. The van der Waals surface area contributed by atoms with Crippen LogP contribution in [0.5, 0.6) is 17.2 Å². The van der Waals surface area contributed by atoms with Crippen LogP contribution >= 0.6 is 11.8 Å². The van der Waals surface area contributed by atoms with E-state index in [1.54, 1.807) is 12.1 Å². The molecule has 150 valence electrons. The van der Waals surface area contributed by atoms with Crippen molar-refractivity contribution in [2.75, 3.05) is 27.1 Å². The molecule has 0 spiro atoms. The van der Waals surface area contributed by atoms with E-state index < -0.39 is 12.0 Å². The van der Waals surface area contributed by atoms with Crippen molar-refractivity contribution in [1.29, 1.82) is 0 Å². The highest BCUT2D eigenvalue weighted by atomic mass is 32.2. The lowest BCUT2D eigenvalue weighted by molar-refractivity contribution is -0.310. The summed E-state index contributed by atoms with van der Waals surface area (Å²) >= 11 is 1.48. The number of benzene rings is 1. The van der Waals surface area contributed by atoms with E-state index in [0.29, 0.717) is 28.6 Å². The molecule has 1 saturated heterocycles. The van der Waals surface area contributed by atoms with Gasteiger partial charge in [-0.25, -0.2) is 0 Å². The number of carbonyl (C=O) groups excluding carboxylic acids is 2. The van der Waals surface area contributed by atoms with E-state index in [-0.39, 0.29) is 11.3 Å². The van der Waals surface area contributed by atoms with Crippen LogP contribution in [-0.4, -0.2) is 55.3 Å². The first-order chi connectivity index (χ1) is 13.0. The molecule has 2 atom stereocenters. The average Bonchev–Trinajstić information content (AvgIpc) is 3.10. The van der Waals surface area contributed by atoms with Crippen LogP contribution in [0.25, 0.3) is 0 Å². The fourth-order valence-electron chi connectivity index (χ4n) is 3.16. The first-order valence-electron chi connectivity index (χ1n) is 8.93. The number of ether oxygens (including phenoxy) is 3. The van der Waals surface area contributed by atoms with Crippen LogP contribution in [0.2, 0.25) is 0 Å². The third-order valence-corrected chi connectivity index (χ3v) is 5.92. The van der Waals surface area contributed by atoms with Gasteiger partial charge in [-0.1, -0.05) is 26.2 Å². The van der Waals surface area contributed by atoms with E-state index >= 15 is 0 Å². The van der Waals surface area contributed by atoms with Crippen molar-refractivity contribution in [2.24, 2.45) is 0 Å². The number of carboxylic acids is 1. The maximum Gasteiger partial charge on any atom is 0.255 e. The lowest BCUT2D eigenvalue weighted by Crippen LogP contribution is -2.50. The van der Waals surface area contributed by atoms with Crippen molar-refractivity contribution in [3.05, 3.63) is 17.7 Å². The van der Waals surface area contributed by atoms with Gasteiger partial charge in [-0.2, -0.15) is 0 Å². The molecule has 1 fully saturated rings. The van der Waals surface area contributed by atoms with Crippen LogP contribution in [0.15, 0.2) is 12.1 Å². The number of thioether (sulfide) groups is 1. The fraction of sp³-hybridized carbons (Fsp3) is 0.579. The van der Waals surface area contributed by atoms with E-state index in [9.17, 15) is 14.7 Å². The molecule has 2 rings (SSSR count). The van der Waals surface area contributed by atoms with Gasteiger partial charge >= 0.3 is 0 Å². The molecule has 0 aliphatic carbocycles. The third kappa shape index (κ3) is 4.61. The highest BCUT2D eigenvalue weighted by molar-refractivity contribution is 8.00. The number of hydrogen-bond acceptors (Lipinski definition) is 7. The number of amides is 1. The van der Waals surface area contributed by atoms with Crippen molar-refractivity contribution in [3.63, 3.8) is 0 Å². The van der Waals surface area contributed by atoms with E-state index in [1.807, 2.05) is 0 Å². The molecular formula is C19H26NO6S-. The summed E-state index contributed by atoms with van der Waals surface area (Å²) in [4.78, 5) is 26.2. The summed E-state index contributed by atoms with van der Waals surface area (Å²) < 4.78 is 15.9. The zero-order valence-corrected chi connectivity index (χ0v) is 17.0. The molecular weight excluding hydrogens is 370 g/mol. The summed E-state index contributed by atoms with van der Waals surface area (Å²) in [6.45, 7) is 2.10.